The first kappa shape index (κ1) is 12.3. The van der Waals surface area contributed by atoms with Gasteiger partial charge in [-0.1, -0.05) is 50.3 Å². The first-order chi connectivity index (χ1) is 7.20. The van der Waals surface area contributed by atoms with Gasteiger partial charge in [-0.15, -0.1) is 11.8 Å². The van der Waals surface area contributed by atoms with Crippen molar-refractivity contribution in [2.75, 3.05) is 0 Å². The number of aliphatic hydroxyl groups is 1. The predicted octanol–water partition coefficient (Wildman–Crippen LogP) is 3.77. The normalized spacial score (nSPS) is 13.6. The van der Waals surface area contributed by atoms with E-state index in [2.05, 4.69) is 19.3 Å². The molecule has 0 fully saturated rings. The fraction of sp³-hybridized carbons (Fsp3) is 0.385. The number of rotatable bonds is 5. The van der Waals surface area contributed by atoms with Gasteiger partial charge >= 0.3 is 0 Å². The molecule has 1 rings (SSSR count). The molecule has 1 N–H and O–H groups in total. The fourth-order valence-electron chi connectivity index (χ4n) is 1.21. The minimum atomic E-state index is -0.379. The van der Waals surface area contributed by atoms with Crippen molar-refractivity contribution in [2.24, 2.45) is 0 Å². The molecule has 0 heterocycles. The lowest BCUT2D eigenvalue weighted by Crippen LogP contribution is -1.94. The molecular formula is C13H18OS. The van der Waals surface area contributed by atoms with Gasteiger partial charge in [-0.25, -0.2) is 0 Å². The van der Waals surface area contributed by atoms with Crippen molar-refractivity contribution in [2.45, 2.75) is 31.6 Å². The van der Waals surface area contributed by atoms with Gasteiger partial charge in [-0.05, 0) is 17.4 Å². The number of benzene rings is 1. The highest BCUT2D eigenvalue weighted by molar-refractivity contribution is 8.02. The van der Waals surface area contributed by atoms with Crippen LogP contribution >= 0.6 is 11.8 Å². The third-order valence-corrected chi connectivity index (χ3v) is 2.88. The quantitative estimate of drug-likeness (QED) is 0.818. The van der Waals surface area contributed by atoms with Crippen LogP contribution in [0.1, 0.15) is 31.9 Å². The van der Waals surface area contributed by atoms with Crippen molar-refractivity contribution >= 4 is 11.8 Å². The molecule has 15 heavy (non-hydrogen) atoms. The molecule has 0 bridgehead atoms. The Balaban J connectivity index is 2.37. The number of hydrogen-bond donors (Lipinski definition) is 1. The van der Waals surface area contributed by atoms with E-state index in [1.165, 1.54) is 0 Å². The summed E-state index contributed by atoms with van der Waals surface area (Å²) >= 11 is 1.78. The molecule has 0 saturated carbocycles. The second-order valence-electron chi connectivity index (χ2n) is 3.72. The Morgan fingerprint density at radius 1 is 1.27 bits per heavy atom. The van der Waals surface area contributed by atoms with Crippen LogP contribution in [0.5, 0.6) is 0 Å². The lowest BCUT2D eigenvalue weighted by molar-refractivity contribution is 0.181. The molecule has 1 unspecified atom stereocenters. The first-order valence-corrected chi connectivity index (χ1v) is 6.18. The molecule has 0 aliphatic rings. The monoisotopic (exact) mass is 222 g/mol. The number of aliphatic hydroxyl groups excluding tert-OH is 1. The van der Waals surface area contributed by atoms with E-state index in [0.29, 0.717) is 11.7 Å². The summed E-state index contributed by atoms with van der Waals surface area (Å²) in [5, 5.41) is 12.5. The number of hydrogen-bond acceptors (Lipinski definition) is 2. The Kier molecular flexibility index (Phi) is 5.51. The van der Waals surface area contributed by atoms with Crippen LogP contribution in [0.25, 0.3) is 0 Å². The Labute approximate surface area is 96.2 Å². The Hall–Kier alpha value is -0.730. The lowest BCUT2D eigenvalue weighted by Gasteiger charge is -2.07. The van der Waals surface area contributed by atoms with Crippen LogP contribution in [0.15, 0.2) is 41.8 Å². The largest absolute Gasteiger partial charge is 0.388 e. The molecule has 0 radical (unpaired) electrons. The van der Waals surface area contributed by atoms with Crippen LogP contribution in [0.4, 0.5) is 0 Å². The zero-order chi connectivity index (χ0) is 11.1. The van der Waals surface area contributed by atoms with E-state index < -0.39 is 0 Å². The average Bonchev–Trinajstić information content (AvgIpc) is 2.25. The topological polar surface area (TPSA) is 20.2 Å². The van der Waals surface area contributed by atoms with Crippen LogP contribution in [0.3, 0.4) is 0 Å². The van der Waals surface area contributed by atoms with Crippen LogP contribution in [0, 0.1) is 0 Å². The van der Waals surface area contributed by atoms with E-state index in [0.717, 1.165) is 5.56 Å². The average molecular weight is 222 g/mol. The van der Waals surface area contributed by atoms with Crippen LogP contribution < -0.4 is 0 Å². The molecule has 0 aliphatic carbocycles. The molecule has 1 aromatic carbocycles. The van der Waals surface area contributed by atoms with E-state index in [1.807, 2.05) is 36.4 Å². The van der Waals surface area contributed by atoms with Gasteiger partial charge in [0.2, 0.25) is 0 Å². The number of thioether (sulfide) groups is 1. The van der Waals surface area contributed by atoms with Gasteiger partial charge in [0.1, 0.15) is 0 Å². The second-order valence-corrected chi connectivity index (χ2v) is 5.21. The van der Waals surface area contributed by atoms with Crippen molar-refractivity contribution < 1.29 is 5.11 Å². The summed E-state index contributed by atoms with van der Waals surface area (Å²) in [5.41, 5.74) is 0.983. The van der Waals surface area contributed by atoms with Crippen molar-refractivity contribution in [3.8, 4) is 0 Å². The van der Waals surface area contributed by atoms with Gasteiger partial charge in [0.05, 0.1) is 6.10 Å². The summed E-state index contributed by atoms with van der Waals surface area (Å²) < 4.78 is 0. The minimum Gasteiger partial charge on any atom is -0.388 e. The minimum absolute atomic E-state index is 0.379. The molecule has 1 aromatic rings. The Morgan fingerprint density at radius 2 is 1.93 bits per heavy atom. The summed E-state index contributed by atoms with van der Waals surface area (Å²) in [6.45, 7) is 4.31. The SMILES string of the molecule is CC(C)S/C=C/CC(O)c1ccccc1. The van der Waals surface area contributed by atoms with Crippen molar-refractivity contribution in [1.29, 1.82) is 0 Å². The van der Waals surface area contributed by atoms with E-state index in [-0.39, 0.29) is 6.10 Å². The van der Waals surface area contributed by atoms with E-state index >= 15 is 0 Å². The molecular weight excluding hydrogens is 204 g/mol. The van der Waals surface area contributed by atoms with Gasteiger partial charge in [0.15, 0.2) is 0 Å². The van der Waals surface area contributed by atoms with Crippen LogP contribution in [-0.4, -0.2) is 10.4 Å². The third-order valence-electron chi connectivity index (χ3n) is 1.99. The summed E-state index contributed by atoms with van der Waals surface area (Å²) in [4.78, 5) is 0. The van der Waals surface area contributed by atoms with Gasteiger partial charge in [0, 0.05) is 5.25 Å². The highest BCUT2D eigenvalue weighted by Crippen LogP contribution is 2.18. The molecule has 1 nitrogen and oxygen atoms in total. The zero-order valence-corrected chi connectivity index (χ0v) is 10.1. The van der Waals surface area contributed by atoms with Crippen molar-refractivity contribution in [3.05, 3.63) is 47.4 Å². The predicted molar refractivity (Wildman–Crippen MR) is 67.9 cm³/mol. The summed E-state index contributed by atoms with van der Waals surface area (Å²) in [7, 11) is 0. The van der Waals surface area contributed by atoms with Gasteiger partial charge in [-0.2, -0.15) is 0 Å². The smallest absolute Gasteiger partial charge is 0.0824 e. The van der Waals surface area contributed by atoms with Gasteiger partial charge < -0.3 is 5.11 Å². The molecule has 2 heteroatoms. The van der Waals surface area contributed by atoms with E-state index in [1.54, 1.807) is 11.8 Å². The maximum atomic E-state index is 9.83. The molecule has 0 spiro atoms. The lowest BCUT2D eigenvalue weighted by atomic mass is 10.1. The molecule has 0 amide bonds. The highest BCUT2D eigenvalue weighted by atomic mass is 32.2. The van der Waals surface area contributed by atoms with Gasteiger partial charge in [0.25, 0.3) is 0 Å². The van der Waals surface area contributed by atoms with Gasteiger partial charge in [-0.3, -0.25) is 0 Å². The Bertz CT molecular complexity index is 293. The van der Waals surface area contributed by atoms with Crippen molar-refractivity contribution in [1.82, 2.24) is 0 Å². The fourth-order valence-corrected chi connectivity index (χ4v) is 1.74. The van der Waals surface area contributed by atoms with Crippen molar-refractivity contribution in [3.63, 3.8) is 0 Å². The summed E-state index contributed by atoms with van der Waals surface area (Å²) in [6, 6.07) is 9.76. The summed E-state index contributed by atoms with van der Waals surface area (Å²) in [6.07, 6.45) is 2.33. The molecule has 0 saturated heterocycles. The molecule has 1 atom stereocenters. The molecule has 0 aliphatic heterocycles. The second kappa shape index (κ2) is 6.70. The standard InChI is InChI=1S/C13H18OS/c1-11(2)15-10-6-9-13(14)12-7-4-3-5-8-12/h3-8,10-11,13-14H,9H2,1-2H3/b10-6+. The maximum absolute atomic E-state index is 9.83. The summed E-state index contributed by atoms with van der Waals surface area (Å²) in [5.74, 6) is 0. The molecule has 82 valence electrons. The van der Waals surface area contributed by atoms with Crippen LogP contribution in [-0.2, 0) is 0 Å². The maximum Gasteiger partial charge on any atom is 0.0824 e. The molecule has 0 aromatic heterocycles. The Morgan fingerprint density at radius 3 is 2.53 bits per heavy atom. The zero-order valence-electron chi connectivity index (χ0n) is 9.26. The third kappa shape index (κ3) is 5.05. The highest BCUT2D eigenvalue weighted by Gasteiger charge is 2.03. The first-order valence-electron chi connectivity index (χ1n) is 5.23. The van der Waals surface area contributed by atoms with E-state index in [4.69, 9.17) is 0 Å². The van der Waals surface area contributed by atoms with E-state index in [9.17, 15) is 5.11 Å². The van der Waals surface area contributed by atoms with Crippen LogP contribution in [0.2, 0.25) is 0 Å².